The van der Waals surface area contributed by atoms with Crippen LogP contribution in [0, 0.1) is 0 Å². The highest BCUT2D eigenvalue weighted by atomic mass is 79.9. The van der Waals surface area contributed by atoms with Gasteiger partial charge in [-0.1, -0.05) is 51.5 Å². The molecular weight excluding hydrogens is 564 g/mol. The minimum Gasteiger partial charge on any atom is -0.493 e. The Kier molecular flexibility index (Phi) is 8.23. The molecule has 4 aromatic rings. The lowest BCUT2D eigenvalue weighted by Crippen LogP contribution is -2.20. The molecule has 2 heterocycles. The largest absolute Gasteiger partial charge is 0.493 e. The number of rotatable bonds is 10. The number of aromatic nitrogens is 3. The third-order valence-corrected chi connectivity index (χ3v) is 6.28. The third kappa shape index (κ3) is 6.85. The molecule has 0 bridgehead atoms. The average molecular weight is 589 g/mol. The molecule has 5 rings (SSSR count). The van der Waals surface area contributed by atoms with E-state index in [0.717, 1.165) is 32.8 Å². The van der Waals surface area contributed by atoms with Gasteiger partial charge in [0.2, 0.25) is 12.7 Å². The SMILES string of the molecule is COc1cc(CNC(=O)/C=C/C=C/c2ccc3c(c2)OCO3)ccc1OCc1cn(-c2ccc(Br)cc2)nn1. The number of fused-ring (bicyclic) bond motifs is 1. The van der Waals surface area contributed by atoms with E-state index >= 15 is 0 Å². The van der Waals surface area contributed by atoms with Gasteiger partial charge < -0.3 is 24.3 Å². The van der Waals surface area contributed by atoms with Crippen LogP contribution in [-0.2, 0) is 17.9 Å². The second-order valence-electron chi connectivity index (χ2n) is 8.45. The molecule has 0 spiro atoms. The van der Waals surface area contributed by atoms with Crippen molar-refractivity contribution >= 4 is 27.9 Å². The van der Waals surface area contributed by atoms with E-state index in [1.165, 1.54) is 6.08 Å². The quantitative estimate of drug-likeness (QED) is 0.200. The number of amides is 1. The molecule has 1 amide bonds. The summed E-state index contributed by atoms with van der Waals surface area (Å²) in [4.78, 5) is 12.2. The van der Waals surface area contributed by atoms with Gasteiger partial charge >= 0.3 is 0 Å². The number of halogens is 1. The predicted molar refractivity (Wildman–Crippen MR) is 149 cm³/mol. The van der Waals surface area contributed by atoms with Gasteiger partial charge in [-0.2, -0.15) is 0 Å². The highest BCUT2D eigenvalue weighted by Gasteiger charge is 2.12. The molecule has 198 valence electrons. The van der Waals surface area contributed by atoms with Crippen LogP contribution in [0.3, 0.4) is 0 Å². The first-order chi connectivity index (χ1) is 19.1. The van der Waals surface area contributed by atoms with Crippen LogP contribution in [0.25, 0.3) is 11.8 Å². The highest BCUT2D eigenvalue weighted by molar-refractivity contribution is 9.10. The average Bonchev–Trinajstić information content (AvgIpc) is 3.63. The van der Waals surface area contributed by atoms with Crippen LogP contribution in [0.15, 0.2) is 89.6 Å². The van der Waals surface area contributed by atoms with E-state index in [1.807, 2.05) is 72.9 Å². The normalized spacial score (nSPS) is 12.3. The Morgan fingerprint density at radius 3 is 2.74 bits per heavy atom. The van der Waals surface area contributed by atoms with Crippen LogP contribution in [0.2, 0.25) is 0 Å². The Hall–Kier alpha value is -4.57. The van der Waals surface area contributed by atoms with Crippen molar-refractivity contribution in [1.29, 1.82) is 0 Å². The van der Waals surface area contributed by atoms with Crippen molar-refractivity contribution in [3.63, 3.8) is 0 Å². The zero-order valence-electron chi connectivity index (χ0n) is 21.0. The van der Waals surface area contributed by atoms with Gasteiger partial charge in [0.15, 0.2) is 23.0 Å². The van der Waals surface area contributed by atoms with E-state index in [1.54, 1.807) is 23.9 Å². The number of carbonyl (C=O) groups excluding carboxylic acids is 1. The van der Waals surface area contributed by atoms with E-state index in [2.05, 4.69) is 31.6 Å². The van der Waals surface area contributed by atoms with Gasteiger partial charge in [0.05, 0.1) is 19.0 Å². The number of allylic oxidation sites excluding steroid dienone is 2. The fraction of sp³-hybridized carbons (Fsp3) is 0.138. The molecule has 9 nitrogen and oxygen atoms in total. The van der Waals surface area contributed by atoms with Crippen LogP contribution < -0.4 is 24.3 Å². The summed E-state index contributed by atoms with van der Waals surface area (Å²) >= 11 is 3.43. The smallest absolute Gasteiger partial charge is 0.244 e. The van der Waals surface area contributed by atoms with Gasteiger partial charge in [-0.15, -0.1) is 5.10 Å². The van der Waals surface area contributed by atoms with Crippen molar-refractivity contribution in [3.05, 3.63) is 106 Å². The summed E-state index contributed by atoms with van der Waals surface area (Å²) in [6.45, 7) is 0.808. The number of nitrogens with one attached hydrogen (secondary N) is 1. The van der Waals surface area contributed by atoms with Crippen molar-refractivity contribution in [2.45, 2.75) is 13.2 Å². The molecule has 0 saturated heterocycles. The fourth-order valence-corrected chi connectivity index (χ4v) is 4.02. The summed E-state index contributed by atoms with van der Waals surface area (Å²) in [5, 5.41) is 11.2. The number of hydrogen-bond donors (Lipinski definition) is 1. The van der Waals surface area contributed by atoms with Crippen LogP contribution in [-0.4, -0.2) is 34.8 Å². The van der Waals surface area contributed by atoms with Crippen molar-refractivity contribution < 1.29 is 23.7 Å². The van der Waals surface area contributed by atoms with Crippen molar-refractivity contribution in [1.82, 2.24) is 20.3 Å². The Labute approximate surface area is 233 Å². The number of ether oxygens (including phenoxy) is 4. The minimum absolute atomic E-state index is 0.210. The maximum Gasteiger partial charge on any atom is 0.244 e. The van der Waals surface area contributed by atoms with Gasteiger partial charge in [-0.3, -0.25) is 4.79 Å². The van der Waals surface area contributed by atoms with Crippen molar-refractivity contribution in [2.24, 2.45) is 0 Å². The first-order valence-electron chi connectivity index (χ1n) is 12.1. The maximum atomic E-state index is 12.2. The highest BCUT2D eigenvalue weighted by Crippen LogP contribution is 2.33. The summed E-state index contributed by atoms with van der Waals surface area (Å²) in [5.74, 6) is 2.37. The van der Waals surface area contributed by atoms with Crippen LogP contribution in [0.1, 0.15) is 16.8 Å². The summed E-state index contributed by atoms with van der Waals surface area (Å²) in [6.07, 6.45) is 8.65. The summed E-state index contributed by atoms with van der Waals surface area (Å²) in [5.41, 5.74) is 3.40. The van der Waals surface area contributed by atoms with Gasteiger partial charge in [-0.25, -0.2) is 4.68 Å². The molecule has 0 saturated carbocycles. The van der Waals surface area contributed by atoms with Crippen molar-refractivity contribution in [3.8, 4) is 28.7 Å². The molecule has 0 aliphatic carbocycles. The molecule has 0 fully saturated rings. The molecule has 10 heteroatoms. The number of carbonyl (C=O) groups is 1. The van der Waals surface area contributed by atoms with E-state index in [4.69, 9.17) is 18.9 Å². The fourth-order valence-electron chi connectivity index (χ4n) is 3.75. The Morgan fingerprint density at radius 2 is 1.90 bits per heavy atom. The first-order valence-corrected chi connectivity index (χ1v) is 12.9. The molecule has 1 N–H and O–H groups in total. The molecule has 3 aromatic carbocycles. The van der Waals surface area contributed by atoms with Crippen LogP contribution >= 0.6 is 15.9 Å². The molecule has 1 aromatic heterocycles. The van der Waals surface area contributed by atoms with Gasteiger partial charge in [0, 0.05) is 17.1 Å². The number of hydrogen-bond acceptors (Lipinski definition) is 7. The number of benzene rings is 3. The van der Waals surface area contributed by atoms with E-state index in [-0.39, 0.29) is 19.3 Å². The third-order valence-electron chi connectivity index (χ3n) is 5.75. The lowest BCUT2D eigenvalue weighted by Gasteiger charge is -2.11. The number of methoxy groups -OCH3 is 1. The van der Waals surface area contributed by atoms with E-state index in [9.17, 15) is 4.79 Å². The lowest BCUT2D eigenvalue weighted by molar-refractivity contribution is -0.116. The molecule has 39 heavy (non-hydrogen) atoms. The molecule has 0 atom stereocenters. The Balaban J connectivity index is 1.11. The summed E-state index contributed by atoms with van der Waals surface area (Å²) < 4.78 is 24.8. The van der Waals surface area contributed by atoms with Crippen molar-refractivity contribution in [2.75, 3.05) is 13.9 Å². The summed E-state index contributed by atoms with van der Waals surface area (Å²) in [7, 11) is 1.57. The summed E-state index contributed by atoms with van der Waals surface area (Å²) in [6, 6.07) is 19.0. The molecule has 1 aliphatic heterocycles. The zero-order valence-corrected chi connectivity index (χ0v) is 22.6. The van der Waals surface area contributed by atoms with E-state index < -0.39 is 0 Å². The van der Waals surface area contributed by atoms with Crippen LogP contribution in [0.5, 0.6) is 23.0 Å². The molecule has 1 aliphatic rings. The Morgan fingerprint density at radius 1 is 1.05 bits per heavy atom. The van der Waals surface area contributed by atoms with Gasteiger partial charge in [0.1, 0.15) is 12.3 Å². The lowest BCUT2D eigenvalue weighted by atomic mass is 10.2. The van der Waals surface area contributed by atoms with Gasteiger partial charge in [0.25, 0.3) is 0 Å². The monoisotopic (exact) mass is 588 g/mol. The number of nitrogens with zero attached hydrogens (tertiary/aromatic N) is 3. The topological polar surface area (TPSA) is 96.7 Å². The standard InChI is InChI=1S/C29H25BrN4O5/c1-36-27-15-21(16-31-29(35)5-3-2-4-20-6-12-26-28(14-20)39-19-38-26)7-13-25(27)37-18-23-17-34(33-32-23)24-10-8-22(30)9-11-24/h2-15,17H,16,18-19H2,1H3,(H,31,35)/b4-2+,5-3+. The molecule has 0 unspecified atom stereocenters. The van der Waals surface area contributed by atoms with Crippen LogP contribution in [0.4, 0.5) is 0 Å². The minimum atomic E-state index is -0.210. The molecular formula is C29H25BrN4O5. The second kappa shape index (κ2) is 12.3. The predicted octanol–water partition coefficient (Wildman–Crippen LogP) is 5.23. The Bertz CT molecular complexity index is 1510. The first kappa shape index (κ1) is 26.1. The van der Waals surface area contributed by atoms with E-state index in [0.29, 0.717) is 23.7 Å². The maximum absolute atomic E-state index is 12.2. The van der Waals surface area contributed by atoms with Gasteiger partial charge in [-0.05, 0) is 59.7 Å². The zero-order chi connectivity index (χ0) is 27.0. The second-order valence-corrected chi connectivity index (χ2v) is 9.37. The molecule has 0 radical (unpaired) electrons.